The van der Waals surface area contributed by atoms with Crippen LogP contribution in [0.25, 0.3) is 0 Å². The molecule has 2 aliphatic rings. The van der Waals surface area contributed by atoms with Crippen molar-refractivity contribution in [3.63, 3.8) is 0 Å². The molecule has 5 nitrogen and oxygen atoms in total. The highest BCUT2D eigenvalue weighted by Gasteiger charge is 2.39. The zero-order valence-electron chi connectivity index (χ0n) is 24.3. The summed E-state index contributed by atoms with van der Waals surface area (Å²) in [7, 11) is -2.54. The molecular weight excluding hydrogens is 468 g/mol. The van der Waals surface area contributed by atoms with E-state index in [1.165, 1.54) is 5.20 Å². The number of rotatable bonds is 7. The molecule has 36 heavy (non-hydrogen) atoms. The molecule has 0 radical (unpaired) electrons. The average molecular weight is 523 g/mol. The maximum atomic E-state index is 12.9. The van der Waals surface area contributed by atoms with Gasteiger partial charge in [-0.1, -0.05) is 65.2 Å². The molecule has 0 saturated carbocycles. The third-order valence-electron chi connectivity index (χ3n) is 7.91. The summed E-state index contributed by atoms with van der Waals surface area (Å²) in [6.07, 6.45) is 12.3. The van der Waals surface area contributed by atoms with E-state index in [0.717, 1.165) is 69.8 Å². The highest BCUT2D eigenvalue weighted by molar-refractivity contribution is 6.73. The smallest absolute Gasteiger partial charge is 0.365 e. The van der Waals surface area contributed by atoms with Crippen LogP contribution >= 0.6 is 0 Å². The van der Waals surface area contributed by atoms with Crippen LogP contribution in [-0.4, -0.2) is 46.1 Å². The van der Waals surface area contributed by atoms with E-state index in [4.69, 9.17) is 18.3 Å². The Kier molecular flexibility index (Phi) is 13.4. The van der Waals surface area contributed by atoms with Crippen LogP contribution in [0.4, 0.5) is 0 Å². The summed E-state index contributed by atoms with van der Waals surface area (Å²) in [5.74, 6) is 0.682. The van der Waals surface area contributed by atoms with Crippen molar-refractivity contribution in [3.8, 4) is 0 Å². The van der Waals surface area contributed by atoms with Gasteiger partial charge in [0.1, 0.15) is 6.10 Å². The van der Waals surface area contributed by atoms with Crippen LogP contribution in [0.15, 0.2) is 23.4 Å². The van der Waals surface area contributed by atoms with Gasteiger partial charge in [-0.3, -0.25) is 4.79 Å². The lowest BCUT2D eigenvalue weighted by atomic mass is 9.94. The molecule has 0 aromatic rings. The standard InChI is InChI=1S/C30H54O5Si/c1-9-14-26-20-22(4)19-25(7)29(36(8,32-10-2)33-11-3)18-17-27-21-24(6)28(34-27)16-13-12-15-23(5)30(31)35-26/h18,23-28H,4,9-17,19-21H2,1-3,5-8H3/b29-18-/t23-,24-,25+,26?,27-,28-/m0/s1. The number of carbonyl (C=O) groups excluding carboxylic acids is 1. The van der Waals surface area contributed by atoms with Crippen LogP contribution in [0.5, 0.6) is 0 Å². The summed E-state index contributed by atoms with van der Waals surface area (Å²) in [5, 5.41) is 1.30. The van der Waals surface area contributed by atoms with Gasteiger partial charge in [-0.2, -0.15) is 0 Å². The normalized spacial score (nSPS) is 33.4. The van der Waals surface area contributed by atoms with Gasteiger partial charge in [-0.15, -0.1) is 0 Å². The molecule has 1 saturated heterocycles. The lowest BCUT2D eigenvalue weighted by Gasteiger charge is -2.33. The Morgan fingerprint density at radius 3 is 2.33 bits per heavy atom. The highest BCUT2D eigenvalue weighted by Crippen LogP contribution is 2.35. The number of hydrogen-bond acceptors (Lipinski definition) is 5. The Labute approximate surface area is 222 Å². The number of carbonyl (C=O) groups is 1. The summed E-state index contributed by atoms with van der Waals surface area (Å²) >= 11 is 0. The monoisotopic (exact) mass is 522 g/mol. The van der Waals surface area contributed by atoms with Crippen LogP contribution in [0.1, 0.15) is 106 Å². The molecule has 6 heteroatoms. The molecule has 1 unspecified atom stereocenters. The predicted octanol–water partition coefficient (Wildman–Crippen LogP) is 7.68. The van der Waals surface area contributed by atoms with Crippen LogP contribution < -0.4 is 0 Å². The largest absolute Gasteiger partial charge is 0.462 e. The second-order valence-electron chi connectivity index (χ2n) is 11.3. The van der Waals surface area contributed by atoms with E-state index in [1.54, 1.807) is 0 Å². The van der Waals surface area contributed by atoms with Gasteiger partial charge in [0.05, 0.1) is 18.1 Å². The molecule has 2 aliphatic heterocycles. The zero-order valence-corrected chi connectivity index (χ0v) is 25.3. The van der Waals surface area contributed by atoms with Gasteiger partial charge < -0.3 is 18.3 Å². The van der Waals surface area contributed by atoms with E-state index in [-0.39, 0.29) is 30.0 Å². The van der Waals surface area contributed by atoms with Gasteiger partial charge >= 0.3 is 14.5 Å². The van der Waals surface area contributed by atoms with E-state index in [2.05, 4.69) is 40.0 Å². The molecule has 208 valence electrons. The first-order valence-corrected chi connectivity index (χ1v) is 17.0. The van der Waals surface area contributed by atoms with Crippen molar-refractivity contribution in [3.05, 3.63) is 23.4 Å². The molecule has 6 atom stereocenters. The van der Waals surface area contributed by atoms with E-state index < -0.39 is 8.56 Å². The lowest BCUT2D eigenvalue weighted by Crippen LogP contribution is -2.44. The minimum Gasteiger partial charge on any atom is -0.462 e. The van der Waals surface area contributed by atoms with Crippen molar-refractivity contribution < 1.29 is 23.1 Å². The summed E-state index contributed by atoms with van der Waals surface area (Å²) in [6.45, 7) is 20.7. The highest BCUT2D eigenvalue weighted by atomic mass is 28.4. The summed E-state index contributed by atoms with van der Waals surface area (Å²) in [4.78, 5) is 12.9. The second-order valence-corrected chi connectivity index (χ2v) is 14.4. The van der Waals surface area contributed by atoms with E-state index in [1.807, 2.05) is 20.8 Å². The van der Waals surface area contributed by atoms with E-state index >= 15 is 0 Å². The van der Waals surface area contributed by atoms with Crippen molar-refractivity contribution in [2.75, 3.05) is 13.2 Å². The van der Waals surface area contributed by atoms with Crippen LogP contribution in [0, 0.1) is 17.8 Å². The maximum Gasteiger partial charge on any atom is 0.365 e. The van der Waals surface area contributed by atoms with Crippen molar-refractivity contribution in [2.45, 2.75) is 131 Å². The molecule has 0 amide bonds. The quantitative estimate of drug-likeness (QED) is 0.195. The first-order chi connectivity index (χ1) is 17.1. The number of cyclic esters (lactones) is 1. The number of hydrogen-bond donors (Lipinski definition) is 0. The van der Waals surface area contributed by atoms with E-state index in [9.17, 15) is 4.79 Å². The van der Waals surface area contributed by atoms with Crippen molar-refractivity contribution >= 4 is 14.5 Å². The van der Waals surface area contributed by atoms with Crippen molar-refractivity contribution in [2.24, 2.45) is 17.8 Å². The Balaban J connectivity index is 2.32. The Morgan fingerprint density at radius 1 is 1.03 bits per heavy atom. The van der Waals surface area contributed by atoms with Crippen LogP contribution in [0.3, 0.4) is 0 Å². The van der Waals surface area contributed by atoms with Crippen molar-refractivity contribution in [1.82, 2.24) is 0 Å². The number of esters is 1. The molecular formula is C30H54O5Si. The fourth-order valence-electron chi connectivity index (χ4n) is 6.03. The molecule has 2 rings (SSSR count). The minimum absolute atomic E-state index is 0.0609. The summed E-state index contributed by atoms with van der Waals surface area (Å²) < 4.78 is 25.2. The molecule has 1 fully saturated rings. The Morgan fingerprint density at radius 2 is 1.69 bits per heavy atom. The van der Waals surface area contributed by atoms with E-state index in [0.29, 0.717) is 25.2 Å². The molecule has 2 bridgehead atoms. The van der Waals surface area contributed by atoms with Gasteiger partial charge in [0.25, 0.3) is 0 Å². The molecule has 0 aromatic carbocycles. The second kappa shape index (κ2) is 15.5. The van der Waals surface area contributed by atoms with Gasteiger partial charge in [0.15, 0.2) is 0 Å². The molecule has 0 aliphatic carbocycles. The summed E-state index contributed by atoms with van der Waals surface area (Å²) in [6, 6.07) is 0. The molecule has 2 heterocycles. The van der Waals surface area contributed by atoms with Crippen LogP contribution in [-0.2, 0) is 23.1 Å². The lowest BCUT2D eigenvalue weighted by molar-refractivity contribution is -0.154. The third-order valence-corrected chi connectivity index (χ3v) is 11.3. The van der Waals surface area contributed by atoms with Gasteiger partial charge in [-0.25, -0.2) is 0 Å². The first-order valence-electron chi connectivity index (χ1n) is 14.6. The fraction of sp³-hybridized carbons (Fsp3) is 0.833. The van der Waals surface area contributed by atoms with Gasteiger partial charge in [0.2, 0.25) is 0 Å². The number of ether oxygens (including phenoxy) is 2. The zero-order chi connectivity index (χ0) is 26.7. The maximum absolute atomic E-state index is 12.9. The van der Waals surface area contributed by atoms with Crippen LogP contribution in [0.2, 0.25) is 6.55 Å². The molecule has 0 spiro atoms. The predicted molar refractivity (Wildman–Crippen MR) is 150 cm³/mol. The van der Waals surface area contributed by atoms with Gasteiger partial charge in [-0.05, 0) is 76.0 Å². The van der Waals surface area contributed by atoms with Gasteiger partial charge in [0, 0.05) is 19.6 Å². The summed E-state index contributed by atoms with van der Waals surface area (Å²) in [5.41, 5.74) is 1.13. The first kappa shape index (κ1) is 31.3. The Hall–Kier alpha value is -0.953. The average Bonchev–Trinajstić information content (AvgIpc) is 3.15. The number of allylic oxidation sites excluding steroid dienone is 1. The molecule has 0 aromatic heterocycles. The topological polar surface area (TPSA) is 54.0 Å². The minimum atomic E-state index is -2.54. The SMILES string of the molecule is C=C1CC(CCC)OC(=O)[C@@H](C)CCCC[C@@H]2O[C@@H](C/C=C(\[Si](C)(OCC)OCC)[C@H](C)C1)C[C@@H]2C. The Bertz CT molecular complexity index is 714. The third kappa shape index (κ3) is 9.41. The van der Waals surface area contributed by atoms with Crippen molar-refractivity contribution in [1.29, 1.82) is 0 Å². The number of fused-ring (bicyclic) bond motifs is 2. The fourth-order valence-corrected chi connectivity index (χ4v) is 9.03. The molecule has 0 N–H and O–H groups in total.